The van der Waals surface area contributed by atoms with E-state index in [1.54, 1.807) is 0 Å². The summed E-state index contributed by atoms with van der Waals surface area (Å²) < 4.78 is 1.83. The number of nitrogens with one attached hydrogen (secondary N) is 1. The minimum Gasteiger partial charge on any atom is -0.354 e. The highest BCUT2D eigenvalue weighted by molar-refractivity contribution is 5.81. The molecule has 1 unspecified atom stereocenters. The Labute approximate surface area is 125 Å². The summed E-state index contributed by atoms with van der Waals surface area (Å²) in [5.41, 5.74) is 7.87. The van der Waals surface area contributed by atoms with Crippen LogP contribution in [0.15, 0.2) is 42.7 Å². The molecule has 5 nitrogen and oxygen atoms in total. The molecule has 0 aliphatic heterocycles. The first-order valence-corrected chi connectivity index (χ1v) is 7.33. The number of hydrogen-bond acceptors (Lipinski definition) is 3. The van der Waals surface area contributed by atoms with Crippen LogP contribution >= 0.6 is 0 Å². The van der Waals surface area contributed by atoms with Gasteiger partial charge in [-0.1, -0.05) is 31.5 Å². The van der Waals surface area contributed by atoms with Gasteiger partial charge < -0.3 is 11.1 Å². The SMILES string of the molecule is CCCC(N)C(=O)NCCc1cnn(-c2ccccc2)c1. The summed E-state index contributed by atoms with van der Waals surface area (Å²) in [6.07, 6.45) is 6.19. The fourth-order valence-corrected chi connectivity index (χ4v) is 2.11. The van der Waals surface area contributed by atoms with Crippen molar-refractivity contribution < 1.29 is 4.79 Å². The normalized spacial score (nSPS) is 12.1. The standard InChI is InChI=1S/C16H22N4O/c1-2-6-15(17)16(21)18-10-9-13-11-19-20(12-13)14-7-4-3-5-8-14/h3-5,7-8,11-12,15H,2,6,9-10,17H2,1H3,(H,18,21). The largest absolute Gasteiger partial charge is 0.354 e. The first-order chi connectivity index (χ1) is 10.2. The van der Waals surface area contributed by atoms with Gasteiger partial charge in [0.05, 0.1) is 17.9 Å². The topological polar surface area (TPSA) is 72.9 Å². The molecule has 0 aliphatic rings. The highest BCUT2D eigenvalue weighted by atomic mass is 16.2. The molecule has 1 aromatic carbocycles. The zero-order valence-corrected chi connectivity index (χ0v) is 12.3. The zero-order chi connectivity index (χ0) is 15.1. The van der Waals surface area contributed by atoms with Crippen LogP contribution in [0, 0.1) is 0 Å². The van der Waals surface area contributed by atoms with E-state index in [9.17, 15) is 4.79 Å². The van der Waals surface area contributed by atoms with Gasteiger partial charge in [-0.15, -0.1) is 0 Å². The fourth-order valence-electron chi connectivity index (χ4n) is 2.11. The molecule has 5 heteroatoms. The molecule has 2 rings (SSSR count). The molecule has 1 aromatic heterocycles. The van der Waals surface area contributed by atoms with E-state index in [2.05, 4.69) is 10.4 Å². The number of nitrogens with two attached hydrogens (primary N) is 1. The second-order valence-corrected chi connectivity index (χ2v) is 5.06. The Bertz CT molecular complexity index is 565. The van der Waals surface area contributed by atoms with Gasteiger partial charge in [-0.3, -0.25) is 4.79 Å². The van der Waals surface area contributed by atoms with Gasteiger partial charge in [-0.25, -0.2) is 4.68 Å². The van der Waals surface area contributed by atoms with Crippen LogP contribution in [0.25, 0.3) is 5.69 Å². The first-order valence-electron chi connectivity index (χ1n) is 7.33. The monoisotopic (exact) mass is 286 g/mol. The van der Waals surface area contributed by atoms with E-state index in [0.29, 0.717) is 6.54 Å². The minimum atomic E-state index is -0.401. The zero-order valence-electron chi connectivity index (χ0n) is 12.3. The van der Waals surface area contributed by atoms with Crippen molar-refractivity contribution in [3.05, 3.63) is 48.3 Å². The molecule has 112 valence electrons. The number of rotatable bonds is 7. The highest BCUT2D eigenvalue weighted by Gasteiger charge is 2.11. The molecule has 0 aliphatic carbocycles. The van der Waals surface area contributed by atoms with Gasteiger partial charge in [0.15, 0.2) is 0 Å². The molecule has 0 bridgehead atoms. The van der Waals surface area contributed by atoms with Crippen molar-refractivity contribution in [1.29, 1.82) is 0 Å². The quantitative estimate of drug-likeness (QED) is 0.813. The maximum absolute atomic E-state index is 11.7. The van der Waals surface area contributed by atoms with Crippen LogP contribution in [0.1, 0.15) is 25.3 Å². The van der Waals surface area contributed by atoms with Gasteiger partial charge in [0.1, 0.15) is 0 Å². The van der Waals surface area contributed by atoms with E-state index in [1.807, 2.05) is 54.3 Å². The van der Waals surface area contributed by atoms with Gasteiger partial charge in [0.2, 0.25) is 5.91 Å². The number of para-hydroxylation sites is 1. The van der Waals surface area contributed by atoms with E-state index in [1.165, 1.54) is 0 Å². The average molecular weight is 286 g/mol. The molecule has 1 amide bonds. The third-order valence-electron chi connectivity index (χ3n) is 3.31. The Morgan fingerprint density at radius 2 is 2.14 bits per heavy atom. The van der Waals surface area contributed by atoms with E-state index >= 15 is 0 Å². The smallest absolute Gasteiger partial charge is 0.236 e. The first kappa shape index (κ1) is 15.3. The van der Waals surface area contributed by atoms with Crippen molar-refractivity contribution in [3.63, 3.8) is 0 Å². The van der Waals surface area contributed by atoms with Gasteiger partial charge in [0.25, 0.3) is 0 Å². The Morgan fingerprint density at radius 1 is 1.38 bits per heavy atom. The Kier molecular flexibility index (Phi) is 5.51. The number of carbonyl (C=O) groups is 1. The van der Waals surface area contributed by atoms with Crippen molar-refractivity contribution in [2.24, 2.45) is 5.73 Å². The lowest BCUT2D eigenvalue weighted by molar-refractivity contribution is -0.122. The molecule has 0 radical (unpaired) electrons. The maximum Gasteiger partial charge on any atom is 0.236 e. The molecule has 21 heavy (non-hydrogen) atoms. The van der Waals surface area contributed by atoms with Gasteiger partial charge in [-0.05, 0) is 30.5 Å². The molecule has 0 saturated carbocycles. The van der Waals surface area contributed by atoms with Crippen molar-refractivity contribution in [3.8, 4) is 5.69 Å². The summed E-state index contributed by atoms with van der Waals surface area (Å²) in [5.74, 6) is -0.0766. The second kappa shape index (κ2) is 7.59. The third-order valence-corrected chi connectivity index (χ3v) is 3.31. The van der Waals surface area contributed by atoms with Crippen LogP contribution in [0.5, 0.6) is 0 Å². The predicted octanol–water partition coefficient (Wildman–Crippen LogP) is 1.66. The van der Waals surface area contributed by atoms with Crippen LogP contribution in [-0.4, -0.2) is 28.3 Å². The number of carbonyl (C=O) groups excluding carboxylic acids is 1. The van der Waals surface area contributed by atoms with Crippen molar-refractivity contribution in [2.75, 3.05) is 6.54 Å². The summed E-state index contributed by atoms with van der Waals surface area (Å²) >= 11 is 0. The van der Waals surface area contributed by atoms with E-state index in [4.69, 9.17) is 5.73 Å². The Hall–Kier alpha value is -2.14. The highest BCUT2D eigenvalue weighted by Crippen LogP contribution is 2.07. The number of benzene rings is 1. The van der Waals surface area contributed by atoms with Gasteiger partial charge >= 0.3 is 0 Å². The molecule has 0 saturated heterocycles. The van der Waals surface area contributed by atoms with Crippen LogP contribution in [0.4, 0.5) is 0 Å². The number of amides is 1. The van der Waals surface area contributed by atoms with Crippen LogP contribution in [0.3, 0.4) is 0 Å². The second-order valence-electron chi connectivity index (χ2n) is 5.06. The van der Waals surface area contributed by atoms with E-state index in [0.717, 1.165) is 30.5 Å². The molecule has 0 fully saturated rings. The Morgan fingerprint density at radius 3 is 2.86 bits per heavy atom. The van der Waals surface area contributed by atoms with Crippen LogP contribution in [-0.2, 0) is 11.2 Å². The summed E-state index contributed by atoms with van der Waals surface area (Å²) in [5, 5.41) is 7.19. The third kappa shape index (κ3) is 4.43. The minimum absolute atomic E-state index is 0.0766. The van der Waals surface area contributed by atoms with Gasteiger partial charge in [-0.2, -0.15) is 5.10 Å². The summed E-state index contributed by atoms with van der Waals surface area (Å²) in [6.45, 7) is 2.60. The predicted molar refractivity (Wildman–Crippen MR) is 83.2 cm³/mol. The molecular weight excluding hydrogens is 264 g/mol. The lowest BCUT2D eigenvalue weighted by Gasteiger charge is -2.10. The molecule has 0 spiro atoms. The Balaban J connectivity index is 1.82. The maximum atomic E-state index is 11.7. The summed E-state index contributed by atoms with van der Waals surface area (Å²) in [6, 6.07) is 9.54. The van der Waals surface area contributed by atoms with Crippen molar-refractivity contribution >= 4 is 5.91 Å². The van der Waals surface area contributed by atoms with Gasteiger partial charge in [0, 0.05) is 12.7 Å². The lowest BCUT2D eigenvalue weighted by atomic mass is 10.1. The van der Waals surface area contributed by atoms with Crippen LogP contribution in [0.2, 0.25) is 0 Å². The average Bonchev–Trinajstić information content (AvgIpc) is 2.97. The van der Waals surface area contributed by atoms with E-state index in [-0.39, 0.29) is 5.91 Å². The molecule has 1 heterocycles. The lowest BCUT2D eigenvalue weighted by Crippen LogP contribution is -2.41. The van der Waals surface area contributed by atoms with Crippen molar-refractivity contribution in [1.82, 2.24) is 15.1 Å². The molecule has 2 aromatic rings. The van der Waals surface area contributed by atoms with E-state index < -0.39 is 6.04 Å². The van der Waals surface area contributed by atoms with Crippen molar-refractivity contribution in [2.45, 2.75) is 32.2 Å². The number of aromatic nitrogens is 2. The molecule has 3 N–H and O–H groups in total. The fraction of sp³-hybridized carbons (Fsp3) is 0.375. The summed E-state index contributed by atoms with van der Waals surface area (Å²) in [7, 11) is 0. The summed E-state index contributed by atoms with van der Waals surface area (Å²) in [4.78, 5) is 11.7. The van der Waals surface area contributed by atoms with Crippen LogP contribution < -0.4 is 11.1 Å². The number of nitrogens with zero attached hydrogens (tertiary/aromatic N) is 2. The molecule has 1 atom stereocenters. The molecular formula is C16H22N4O. The number of hydrogen-bond donors (Lipinski definition) is 2.